The molecule has 1 amide bonds. The number of hydrogen-bond donors (Lipinski definition) is 2. The summed E-state index contributed by atoms with van der Waals surface area (Å²) >= 11 is 0. The first kappa shape index (κ1) is 14.8. The minimum absolute atomic E-state index is 0. The number of amides is 1. The molecule has 2 fully saturated rings. The summed E-state index contributed by atoms with van der Waals surface area (Å²) in [5, 5.41) is 3.12. The maximum atomic E-state index is 11.8. The fraction of sp³-hybridized carbons (Fsp3) is 0.923. The van der Waals surface area contributed by atoms with Crippen molar-refractivity contribution in [3.05, 3.63) is 0 Å². The van der Waals surface area contributed by atoms with Gasteiger partial charge in [0, 0.05) is 18.5 Å². The second kappa shape index (κ2) is 7.22. The van der Waals surface area contributed by atoms with E-state index in [0.29, 0.717) is 17.9 Å². The topological polar surface area (TPSA) is 55.1 Å². The van der Waals surface area contributed by atoms with Gasteiger partial charge in [-0.25, -0.2) is 0 Å². The van der Waals surface area contributed by atoms with Crippen LogP contribution in [0.2, 0.25) is 0 Å². The molecule has 2 saturated carbocycles. The number of nitrogens with two attached hydrogens (primary N) is 1. The van der Waals surface area contributed by atoms with Gasteiger partial charge in [0.15, 0.2) is 0 Å². The Kier molecular flexibility index (Phi) is 6.28. The molecule has 2 unspecified atom stereocenters. The first-order valence-corrected chi connectivity index (χ1v) is 6.79. The summed E-state index contributed by atoms with van der Waals surface area (Å²) in [5.41, 5.74) is 5.94. The van der Waals surface area contributed by atoms with E-state index in [9.17, 15) is 4.79 Å². The third-order valence-corrected chi connectivity index (χ3v) is 4.11. The van der Waals surface area contributed by atoms with E-state index in [1.54, 1.807) is 0 Å². The fourth-order valence-electron chi connectivity index (χ4n) is 3.10. The Bertz CT molecular complexity index is 242. The third kappa shape index (κ3) is 4.47. The van der Waals surface area contributed by atoms with Gasteiger partial charge in [-0.15, -0.1) is 12.4 Å². The van der Waals surface area contributed by atoms with Gasteiger partial charge in [0.05, 0.1) is 0 Å². The van der Waals surface area contributed by atoms with E-state index >= 15 is 0 Å². The maximum absolute atomic E-state index is 11.8. The molecule has 0 aromatic heterocycles. The van der Waals surface area contributed by atoms with Gasteiger partial charge in [0.2, 0.25) is 5.91 Å². The van der Waals surface area contributed by atoms with Gasteiger partial charge in [0.25, 0.3) is 0 Å². The quantitative estimate of drug-likeness (QED) is 0.818. The Morgan fingerprint density at radius 1 is 1.12 bits per heavy atom. The van der Waals surface area contributed by atoms with Crippen LogP contribution in [0.3, 0.4) is 0 Å². The number of rotatable bonds is 3. The summed E-state index contributed by atoms with van der Waals surface area (Å²) in [7, 11) is 0. The molecule has 0 radical (unpaired) electrons. The van der Waals surface area contributed by atoms with Crippen molar-refractivity contribution >= 4 is 18.3 Å². The molecule has 0 aromatic carbocycles. The number of hydrogen-bond acceptors (Lipinski definition) is 2. The second-order valence-electron chi connectivity index (χ2n) is 5.52. The van der Waals surface area contributed by atoms with Crippen molar-refractivity contribution in [2.75, 3.05) is 6.54 Å². The Balaban J connectivity index is 0.00000144. The van der Waals surface area contributed by atoms with Gasteiger partial charge in [0.1, 0.15) is 0 Å². The molecule has 2 aliphatic carbocycles. The van der Waals surface area contributed by atoms with Crippen LogP contribution in [0.25, 0.3) is 0 Å². The van der Waals surface area contributed by atoms with Crippen molar-refractivity contribution < 1.29 is 4.79 Å². The molecule has 2 aliphatic rings. The Hall–Kier alpha value is -0.280. The van der Waals surface area contributed by atoms with E-state index in [0.717, 1.165) is 32.2 Å². The number of nitrogens with one attached hydrogen (secondary N) is 1. The summed E-state index contributed by atoms with van der Waals surface area (Å²) < 4.78 is 0. The van der Waals surface area contributed by atoms with Crippen LogP contribution in [-0.4, -0.2) is 18.5 Å². The lowest BCUT2D eigenvalue weighted by atomic mass is 9.86. The van der Waals surface area contributed by atoms with Gasteiger partial charge in [-0.1, -0.05) is 19.3 Å². The van der Waals surface area contributed by atoms with Gasteiger partial charge in [-0.2, -0.15) is 0 Å². The molecular formula is C13H25ClN2O. The number of carbonyl (C=O) groups excluding carboxylic acids is 1. The number of carbonyl (C=O) groups is 1. The highest BCUT2D eigenvalue weighted by atomic mass is 35.5. The molecule has 4 heteroatoms. The zero-order valence-corrected chi connectivity index (χ0v) is 11.3. The minimum atomic E-state index is 0. The summed E-state index contributed by atoms with van der Waals surface area (Å²) in [6, 6.07) is 0.363. The second-order valence-corrected chi connectivity index (χ2v) is 5.52. The normalized spacial score (nSPS) is 29.7. The van der Waals surface area contributed by atoms with Gasteiger partial charge < -0.3 is 11.1 Å². The van der Waals surface area contributed by atoms with Crippen molar-refractivity contribution in [3.8, 4) is 0 Å². The fourth-order valence-corrected chi connectivity index (χ4v) is 3.10. The SMILES string of the molecule is Cl.NC1CCCC(CNC(=O)C2CCCC2)C1. The Morgan fingerprint density at radius 2 is 1.82 bits per heavy atom. The molecule has 17 heavy (non-hydrogen) atoms. The van der Waals surface area contributed by atoms with E-state index in [2.05, 4.69) is 5.32 Å². The van der Waals surface area contributed by atoms with E-state index in [1.807, 2.05) is 0 Å². The van der Waals surface area contributed by atoms with E-state index < -0.39 is 0 Å². The molecule has 100 valence electrons. The zero-order chi connectivity index (χ0) is 11.4. The van der Waals surface area contributed by atoms with Crippen LogP contribution >= 0.6 is 12.4 Å². The molecule has 3 nitrogen and oxygen atoms in total. The molecule has 0 aliphatic heterocycles. The van der Waals surface area contributed by atoms with Crippen LogP contribution < -0.4 is 11.1 Å². The standard InChI is InChI=1S/C13H24N2O.ClH/c14-12-7-3-4-10(8-12)9-15-13(16)11-5-1-2-6-11;/h10-12H,1-9,14H2,(H,15,16);1H. The highest BCUT2D eigenvalue weighted by molar-refractivity contribution is 5.85. The van der Waals surface area contributed by atoms with Crippen molar-refractivity contribution in [2.24, 2.45) is 17.6 Å². The van der Waals surface area contributed by atoms with Crippen LogP contribution in [0, 0.1) is 11.8 Å². The summed E-state index contributed by atoms with van der Waals surface area (Å²) in [4.78, 5) is 11.8. The van der Waals surface area contributed by atoms with E-state index in [-0.39, 0.29) is 18.3 Å². The minimum Gasteiger partial charge on any atom is -0.356 e. The smallest absolute Gasteiger partial charge is 0.223 e. The van der Waals surface area contributed by atoms with Crippen LogP contribution in [0.15, 0.2) is 0 Å². The third-order valence-electron chi connectivity index (χ3n) is 4.11. The van der Waals surface area contributed by atoms with E-state index in [4.69, 9.17) is 5.73 Å². The first-order chi connectivity index (χ1) is 7.75. The molecule has 2 atom stereocenters. The van der Waals surface area contributed by atoms with Crippen molar-refractivity contribution in [3.63, 3.8) is 0 Å². The summed E-state index contributed by atoms with van der Waals surface area (Å²) in [6.45, 7) is 0.850. The lowest BCUT2D eigenvalue weighted by Crippen LogP contribution is -2.37. The predicted molar refractivity (Wildman–Crippen MR) is 72.1 cm³/mol. The van der Waals surface area contributed by atoms with E-state index in [1.165, 1.54) is 25.7 Å². The largest absolute Gasteiger partial charge is 0.356 e. The average Bonchev–Trinajstić information content (AvgIpc) is 2.79. The lowest BCUT2D eigenvalue weighted by Gasteiger charge is -2.27. The highest BCUT2D eigenvalue weighted by Gasteiger charge is 2.24. The van der Waals surface area contributed by atoms with Crippen LogP contribution in [0.4, 0.5) is 0 Å². The van der Waals surface area contributed by atoms with Crippen molar-refractivity contribution in [1.29, 1.82) is 0 Å². The lowest BCUT2D eigenvalue weighted by molar-refractivity contribution is -0.125. The predicted octanol–water partition coefficient (Wildman–Crippen LogP) is 2.23. The van der Waals surface area contributed by atoms with Crippen LogP contribution in [0.1, 0.15) is 51.4 Å². The summed E-state index contributed by atoms with van der Waals surface area (Å²) in [6.07, 6.45) is 9.35. The van der Waals surface area contributed by atoms with Gasteiger partial charge in [-0.05, 0) is 38.0 Å². The monoisotopic (exact) mass is 260 g/mol. The Labute approximate surface area is 110 Å². The van der Waals surface area contributed by atoms with Gasteiger partial charge in [-0.3, -0.25) is 4.79 Å². The van der Waals surface area contributed by atoms with Crippen molar-refractivity contribution in [1.82, 2.24) is 5.32 Å². The van der Waals surface area contributed by atoms with Crippen LogP contribution in [-0.2, 0) is 4.79 Å². The zero-order valence-electron chi connectivity index (χ0n) is 10.5. The molecule has 0 bridgehead atoms. The molecule has 2 rings (SSSR count). The number of halogens is 1. The highest BCUT2D eigenvalue weighted by Crippen LogP contribution is 2.25. The molecule has 0 saturated heterocycles. The molecular weight excluding hydrogens is 236 g/mol. The molecule has 0 spiro atoms. The molecule has 0 aromatic rings. The molecule has 3 N–H and O–H groups in total. The first-order valence-electron chi connectivity index (χ1n) is 6.79. The molecule has 0 heterocycles. The van der Waals surface area contributed by atoms with Crippen molar-refractivity contribution in [2.45, 2.75) is 57.4 Å². The van der Waals surface area contributed by atoms with Crippen LogP contribution in [0.5, 0.6) is 0 Å². The Morgan fingerprint density at radius 3 is 2.47 bits per heavy atom. The average molecular weight is 261 g/mol. The maximum Gasteiger partial charge on any atom is 0.223 e. The summed E-state index contributed by atoms with van der Waals surface area (Å²) in [5.74, 6) is 1.21. The van der Waals surface area contributed by atoms with Gasteiger partial charge >= 0.3 is 0 Å².